The molecule has 0 aliphatic carbocycles. The van der Waals surface area contributed by atoms with E-state index in [0.29, 0.717) is 29.9 Å². The molecule has 27 heavy (non-hydrogen) atoms. The standard InChI is InChI=1S/C17H26N6O4/c1-17(2)26-12-10(7-22(3)5-4-6-24)25-16(13(12)27-17)23-9-21-11-14(18)19-8-20-15(11)23/h8-10,12-13,16,24H,4-7H2,1-3H3,(H2,18,19,20). The molecule has 4 rings (SSSR count). The fourth-order valence-electron chi connectivity index (χ4n) is 3.83. The Morgan fingerprint density at radius 1 is 1.26 bits per heavy atom. The van der Waals surface area contributed by atoms with E-state index in [1.807, 2.05) is 25.5 Å². The van der Waals surface area contributed by atoms with Gasteiger partial charge < -0.3 is 30.0 Å². The van der Waals surface area contributed by atoms with Gasteiger partial charge in [-0.25, -0.2) is 15.0 Å². The fraction of sp³-hybridized carbons (Fsp3) is 0.706. The van der Waals surface area contributed by atoms with Crippen LogP contribution in [0.4, 0.5) is 5.82 Å². The van der Waals surface area contributed by atoms with E-state index in [-0.39, 0.29) is 24.9 Å². The van der Waals surface area contributed by atoms with Crippen molar-refractivity contribution >= 4 is 17.0 Å². The van der Waals surface area contributed by atoms with Crippen LogP contribution in [0, 0.1) is 0 Å². The highest BCUT2D eigenvalue weighted by atomic mass is 16.8. The molecule has 2 fully saturated rings. The first-order valence-electron chi connectivity index (χ1n) is 9.13. The van der Waals surface area contributed by atoms with Gasteiger partial charge >= 0.3 is 0 Å². The van der Waals surface area contributed by atoms with Crippen molar-refractivity contribution in [3.8, 4) is 0 Å². The summed E-state index contributed by atoms with van der Waals surface area (Å²) in [6, 6.07) is 0. The summed E-state index contributed by atoms with van der Waals surface area (Å²) in [5.74, 6) is -0.360. The molecule has 0 bridgehead atoms. The highest BCUT2D eigenvalue weighted by molar-refractivity contribution is 5.81. The molecule has 2 aromatic heterocycles. The van der Waals surface area contributed by atoms with E-state index in [2.05, 4.69) is 19.9 Å². The van der Waals surface area contributed by atoms with Crippen molar-refractivity contribution in [2.45, 2.75) is 50.6 Å². The fourth-order valence-corrected chi connectivity index (χ4v) is 3.83. The van der Waals surface area contributed by atoms with Gasteiger partial charge in [0.05, 0.1) is 6.33 Å². The van der Waals surface area contributed by atoms with E-state index in [0.717, 1.165) is 6.54 Å². The third-order valence-electron chi connectivity index (χ3n) is 4.98. The quantitative estimate of drug-likeness (QED) is 0.723. The van der Waals surface area contributed by atoms with Crippen molar-refractivity contribution in [1.82, 2.24) is 24.4 Å². The van der Waals surface area contributed by atoms with Gasteiger partial charge in [0, 0.05) is 19.7 Å². The number of hydrogen-bond donors (Lipinski definition) is 2. The van der Waals surface area contributed by atoms with Crippen molar-refractivity contribution in [2.75, 3.05) is 32.5 Å². The van der Waals surface area contributed by atoms with E-state index in [4.69, 9.17) is 25.1 Å². The number of aromatic nitrogens is 4. The molecule has 2 saturated heterocycles. The number of nitrogens with zero attached hydrogens (tertiary/aromatic N) is 5. The van der Waals surface area contributed by atoms with E-state index in [1.165, 1.54) is 6.33 Å². The number of rotatable bonds is 6. The van der Waals surface area contributed by atoms with E-state index in [1.54, 1.807) is 6.33 Å². The Kier molecular flexibility index (Phi) is 4.77. The van der Waals surface area contributed by atoms with Crippen LogP contribution in [0.5, 0.6) is 0 Å². The zero-order valence-corrected chi connectivity index (χ0v) is 15.8. The van der Waals surface area contributed by atoms with Crippen molar-refractivity contribution in [2.24, 2.45) is 0 Å². The normalized spacial score (nSPS) is 29.7. The first kappa shape index (κ1) is 18.5. The average molecular weight is 378 g/mol. The third-order valence-corrected chi connectivity index (χ3v) is 4.98. The largest absolute Gasteiger partial charge is 0.396 e. The number of likely N-dealkylation sites (N-methyl/N-ethyl adjacent to an activating group) is 1. The van der Waals surface area contributed by atoms with Crippen LogP contribution in [0.25, 0.3) is 11.2 Å². The number of fused-ring (bicyclic) bond motifs is 2. The minimum absolute atomic E-state index is 0.166. The maximum atomic E-state index is 9.05. The Morgan fingerprint density at radius 3 is 2.81 bits per heavy atom. The lowest BCUT2D eigenvalue weighted by Gasteiger charge is -2.27. The Labute approximate surface area is 157 Å². The summed E-state index contributed by atoms with van der Waals surface area (Å²) < 4.78 is 20.5. The first-order valence-corrected chi connectivity index (χ1v) is 9.13. The van der Waals surface area contributed by atoms with Gasteiger partial charge in [-0.3, -0.25) is 4.57 Å². The molecule has 4 atom stereocenters. The molecule has 4 unspecified atom stereocenters. The first-order chi connectivity index (χ1) is 12.9. The molecular formula is C17H26N6O4. The highest BCUT2D eigenvalue weighted by Gasteiger charge is 2.56. The lowest BCUT2D eigenvalue weighted by Crippen LogP contribution is -2.39. The number of hydrogen-bond acceptors (Lipinski definition) is 9. The molecule has 0 aromatic carbocycles. The summed E-state index contributed by atoms with van der Waals surface area (Å²) in [6.45, 7) is 5.42. The van der Waals surface area contributed by atoms with Crippen molar-refractivity contribution in [3.05, 3.63) is 12.7 Å². The molecule has 3 N–H and O–H groups in total. The smallest absolute Gasteiger partial charge is 0.167 e. The average Bonchev–Trinajstić information content (AvgIpc) is 3.26. The van der Waals surface area contributed by atoms with Gasteiger partial charge in [0.25, 0.3) is 0 Å². The van der Waals surface area contributed by atoms with Gasteiger partial charge in [-0.1, -0.05) is 0 Å². The second-order valence-corrected chi connectivity index (χ2v) is 7.55. The van der Waals surface area contributed by atoms with Crippen LogP contribution in [0.3, 0.4) is 0 Å². The van der Waals surface area contributed by atoms with Crippen LogP contribution < -0.4 is 5.73 Å². The molecule has 0 radical (unpaired) electrons. The summed E-state index contributed by atoms with van der Waals surface area (Å²) in [5.41, 5.74) is 7.05. The van der Waals surface area contributed by atoms with E-state index in [9.17, 15) is 0 Å². The van der Waals surface area contributed by atoms with E-state index < -0.39 is 12.0 Å². The maximum absolute atomic E-state index is 9.05. The van der Waals surface area contributed by atoms with Crippen LogP contribution in [0.2, 0.25) is 0 Å². The van der Waals surface area contributed by atoms with Gasteiger partial charge in [0.2, 0.25) is 0 Å². The van der Waals surface area contributed by atoms with Crippen LogP contribution in [0.15, 0.2) is 12.7 Å². The summed E-state index contributed by atoms with van der Waals surface area (Å²) in [6.07, 6.45) is 2.69. The molecule has 2 aliphatic heterocycles. The summed E-state index contributed by atoms with van der Waals surface area (Å²) in [5, 5.41) is 9.05. The topological polar surface area (TPSA) is 121 Å². The number of ether oxygens (including phenoxy) is 3. The van der Waals surface area contributed by atoms with Crippen molar-refractivity contribution in [1.29, 1.82) is 0 Å². The number of nitrogen functional groups attached to an aromatic ring is 1. The highest BCUT2D eigenvalue weighted by Crippen LogP contribution is 2.43. The molecule has 0 spiro atoms. The summed E-state index contributed by atoms with van der Waals surface area (Å²) >= 11 is 0. The number of nitrogens with two attached hydrogens (primary N) is 1. The Morgan fingerprint density at radius 2 is 2.04 bits per heavy atom. The minimum atomic E-state index is -0.691. The molecule has 10 heteroatoms. The molecular weight excluding hydrogens is 352 g/mol. The second kappa shape index (κ2) is 6.95. The van der Waals surface area contributed by atoms with Gasteiger partial charge in [0.1, 0.15) is 30.2 Å². The van der Waals surface area contributed by atoms with Crippen LogP contribution in [-0.4, -0.2) is 80.4 Å². The molecule has 0 saturated carbocycles. The zero-order valence-electron chi connectivity index (χ0n) is 15.8. The third kappa shape index (κ3) is 3.39. The summed E-state index contributed by atoms with van der Waals surface area (Å²) in [7, 11) is 2.00. The number of anilines is 1. The molecule has 0 amide bonds. The van der Waals surface area contributed by atoms with Crippen molar-refractivity contribution < 1.29 is 19.3 Å². The predicted octanol–water partition coefficient (Wildman–Crippen LogP) is 0.140. The summed E-state index contributed by atoms with van der Waals surface area (Å²) in [4.78, 5) is 14.8. The van der Waals surface area contributed by atoms with Gasteiger partial charge in [-0.05, 0) is 27.3 Å². The molecule has 4 heterocycles. The van der Waals surface area contributed by atoms with Crippen LogP contribution in [0.1, 0.15) is 26.5 Å². The SMILES string of the molecule is CN(CCCO)CC1OC(n2cnc3c(N)ncnc32)C2OC(C)(C)OC12. The van der Waals surface area contributed by atoms with Gasteiger partial charge in [-0.15, -0.1) is 0 Å². The van der Waals surface area contributed by atoms with Gasteiger partial charge in [0.15, 0.2) is 23.5 Å². The second-order valence-electron chi connectivity index (χ2n) is 7.55. The number of imidazole rings is 1. The van der Waals surface area contributed by atoms with Crippen LogP contribution >= 0.6 is 0 Å². The monoisotopic (exact) mass is 378 g/mol. The molecule has 2 aromatic rings. The number of aliphatic hydroxyl groups is 1. The maximum Gasteiger partial charge on any atom is 0.167 e. The van der Waals surface area contributed by atoms with Crippen LogP contribution in [-0.2, 0) is 14.2 Å². The van der Waals surface area contributed by atoms with Gasteiger partial charge in [-0.2, -0.15) is 0 Å². The Balaban J connectivity index is 1.62. The predicted molar refractivity (Wildman–Crippen MR) is 96.7 cm³/mol. The Bertz CT molecular complexity index is 812. The lowest BCUT2D eigenvalue weighted by molar-refractivity contribution is -0.197. The lowest BCUT2D eigenvalue weighted by atomic mass is 10.1. The number of aliphatic hydroxyl groups excluding tert-OH is 1. The minimum Gasteiger partial charge on any atom is -0.396 e. The molecule has 148 valence electrons. The Hall–Kier alpha value is -1.85. The van der Waals surface area contributed by atoms with E-state index >= 15 is 0 Å². The zero-order chi connectivity index (χ0) is 19.2. The molecule has 10 nitrogen and oxygen atoms in total. The molecule has 2 aliphatic rings. The van der Waals surface area contributed by atoms with Crippen molar-refractivity contribution in [3.63, 3.8) is 0 Å².